The third-order valence-corrected chi connectivity index (χ3v) is 3.35. The van der Waals surface area contributed by atoms with Crippen LogP contribution in [0.2, 0.25) is 0 Å². The Kier molecular flexibility index (Phi) is 4.46. The molecule has 0 atom stereocenters. The standard InChI is InChI=1S/C16H13F3N6/c17-16(18,19)13-10(3-1-6-21-13)9-24-12-5-8-23-15(25-12)11-4-2-7-22-14(11)20/h1-8H,9H2,(H2,20,22)(H,23,24,25). The van der Waals surface area contributed by atoms with Gasteiger partial charge in [0.05, 0.1) is 5.56 Å². The molecule has 3 N–H and O–H groups in total. The second-order valence-electron chi connectivity index (χ2n) is 5.06. The number of nitrogen functional groups attached to an aromatic ring is 1. The van der Waals surface area contributed by atoms with Gasteiger partial charge in [-0.25, -0.2) is 15.0 Å². The monoisotopic (exact) mass is 346 g/mol. The van der Waals surface area contributed by atoms with Crippen LogP contribution in [0.1, 0.15) is 11.3 Å². The normalized spacial score (nSPS) is 11.3. The number of nitrogens with one attached hydrogen (secondary N) is 1. The van der Waals surface area contributed by atoms with Crippen molar-refractivity contribution < 1.29 is 13.2 Å². The summed E-state index contributed by atoms with van der Waals surface area (Å²) in [6.07, 6.45) is -0.368. The molecule has 3 aromatic rings. The smallest absolute Gasteiger partial charge is 0.383 e. The summed E-state index contributed by atoms with van der Waals surface area (Å²) in [4.78, 5) is 15.8. The number of nitrogens with zero attached hydrogens (tertiary/aromatic N) is 4. The zero-order chi connectivity index (χ0) is 17.9. The van der Waals surface area contributed by atoms with Crippen molar-refractivity contribution in [2.75, 3.05) is 11.1 Å². The third-order valence-electron chi connectivity index (χ3n) is 3.35. The molecule has 0 saturated carbocycles. The fraction of sp³-hybridized carbons (Fsp3) is 0.125. The Morgan fingerprint density at radius 1 is 0.960 bits per heavy atom. The maximum absolute atomic E-state index is 13.0. The van der Waals surface area contributed by atoms with Gasteiger partial charge in [0, 0.05) is 30.7 Å². The lowest BCUT2D eigenvalue weighted by Crippen LogP contribution is -2.14. The van der Waals surface area contributed by atoms with Crippen molar-refractivity contribution in [2.24, 2.45) is 0 Å². The number of hydrogen-bond acceptors (Lipinski definition) is 6. The lowest BCUT2D eigenvalue weighted by molar-refractivity contribution is -0.141. The maximum Gasteiger partial charge on any atom is 0.433 e. The third kappa shape index (κ3) is 3.82. The molecule has 128 valence electrons. The second-order valence-corrected chi connectivity index (χ2v) is 5.06. The van der Waals surface area contributed by atoms with E-state index in [4.69, 9.17) is 5.73 Å². The zero-order valence-corrected chi connectivity index (χ0v) is 12.8. The van der Waals surface area contributed by atoms with E-state index in [1.807, 2.05) is 0 Å². The molecular formula is C16H13F3N6. The molecule has 3 heterocycles. The fourth-order valence-electron chi connectivity index (χ4n) is 2.22. The summed E-state index contributed by atoms with van der Waals surface area (Å²) >= 11 is 0. The highest BCUT2D eigenvalue weighted by Gasteiger charge is 2.34. The number of halogens is 3. The van der Waals surface area contributed by atoms with Crippen LogP contribution in [0.5, 0.6) is 0 Å². The van der Waals surface area contributed by atoms with Gasteiger partial charge in [-0.2, -0.15) is 13.2 Å². The van der Waals surface area contributed by atoms with E-state index in [2.05, 4.69) is 25.3 Å². The van der Waals surface area contributed by atoms with Crippen LogP contribution in [0.3, 0.4) is 0 Å². The molecule has 0 unspecified atom stereocenters. The van der Waals surface area contributed by atoms with Crippen LogP contribution in [0.15, 0.2) is 48.9 Å². The minimum atomic E-state index is -4.51. The van der Waals surface area contributed by atoms with Crippen LogP contribution in [-0.2, 0) is 12.7 Å². The van der Waals surface area contributed by atoms with Gasteiger partial charge in [0.15, 0.2) is 5.82 Å². The van der Waals surface area contributed by atoms with E-state index in [1.54, 1.807) is 24.4 Å². The molecule has 0 aromatic carbocycles. The largest absolute Gasteiger partial charge is 0.433 e. The van der Waals surface area contributed by atoms with Crippen molar-refractivity contribution in [3.8, 4) is 11.4 Å². The number of hydrogen-bond donors (Lipinski definition) is 2. The topological polar surface area (TPSA) is 89.6 Å². The summed E-state index contributed by atoms with van der Waals surface area (Å²) in [5.74, 6) is 0.967. The van der Waals surface area contributed by atoms with Crippen LogP contribution < -0.4 is 11.1 Å². The average Bonchev–Trinajstić information content (AvgIpc) is 2.60. The second kappa shape index (κ2) is 6.71. The van der Waals surface area contributed by atoms with E-state index >= 15 is 0 Å². The summed E-state index contributed by atoms with van der Waals surface area (Å²) in [6, 6.07) is 7.78. The van der Waals surface area contributed by atoms with Crippen molar-refractivity contribution in [3.05, 3.63) is 60.2 Å². The Balaban J connectivity index is 1.82. The molecule has 6 nitrogen and oxygen atoms in total. The van der Waals surface area contributed by atoms with Crippen molar-refractivity contribution in [1.82, 2.24) is 19.9 Å². The van der Waals surface area contributed by atoms with Crippen LogP contribution >= 0.6 is 0 Å². The molecule has 0 aliphatic heterocycles. The zero-order valence-electron chi connectivity index (χ0n) is 12.8. The molecule has 9 heteroatoms. The predicted octanol–water partition coefficient (Wildman–Crippen LogP) is 3.15. The highest BCUT2D eigenvalue weighted by atomic mass is 19.4. The van der Waals surface area contributed by atoms with E-state index in [1.165, 1.54) is 18.3 Å². The highest BCUT2D eigenvalue weighted by molar-refractivity contribution is 5.68. The van der Waals surface area contributed by atoms with Gasteiger partial charge >= 0.3 is 6.18 Å². The van der Waals surface area contributed by atoms with E-state index < -0.39 is 11.9 Å². The molecule has 0 amide bonds. The van der Waals surface area contributed by atoms with Gasteiger partial charge in [-0.1, -0.05) is 6.07 Å². The van der Waals surface area contributed by atoms with E-state index in [0.717, 1.165) is 6.20 Å². The van der Waals surface area contributed by atoms with Gasteiger partial charge in [-0.3, -0.25) is 4.98 Å². The Hall–Kier alpha value is -3.23. The molecule has 0 saturated heterocycles. The van der Waals surface area contributed by atoms with Crippen molar-refractivity contribution in [2.45, 2.75) is 12.7 Å². The first-order valence-electron chi connectivity index (χ1n) is 7.24. The minimum absolute atomic E-state index is 0.0241. The van der Waals surface area contributed by atoms with Crippen LogP contribution in [-0.4, -0.2) is 19.9 Å². The Bertz CT molecular complexity index is 881. The van der Waals surface area contributed by atoms with Gasteiger partial charge in [-0.15, -0.1) is 0 Å². The molecule has 0 fully saturated rings. The van der Waals surface area contributed by atoms with Crippen LogP contribution in [0.4, 0.5) is 24.8 Å². The van der Waals surface area contributed by atoms with Gasteiger partial charge in [0.1, 0.15) is 17.3 Å². The van der Waals surface area contributed by atoms with Gasteiger partial charge < -0.3 is 11.1 Å². The van der Waals surface area contributed by atoms with E-state index in [0.29, 0.717) is 17.2 Å². The first-order chi connectivity index (χ1) is 11.9. The number of alkyl halides is 3. The van der Waals surface area contributed by atoms with Crippen molar-refractivity contribution in [1.29, 1.82) is 0 Å². The number of nitrogens with two attached hydrogens (primary N) is 1. The first kappa shape index (κ1) is 16.6. The van der Waals surface area contributed by atoms with Crippen LogP contribution in [0, 0.1) is 0 Å². The number of pyridine rings is 2. The SMILES string of the molecule is Nc1ncccc1-c1nccc(NCc2cccnc2C(F)(F)F)n1. The molecule has 3 rings (SSSR count). The molecular weight excluding hydrogens is 333 g/mol. The number of anilines is 2. The number of aromatic nitrogens is 4. The molecule has 25 heavy (non-hydrogen) atoms. The summed E-state index contributed by atoms with van der Waals surface area (Å²) in [7, 11) is 0. The quantitative estimate of drug-likeness (QED) is 0.754. The van der Waals surface area contributed by atoms with E-state index in [9.17, 15) is 13.2 Å². The molecule has 0 spiro atoms. The Morgan fingerprint density at radius 3 is 2.48 bits per heavy atom. The molecule has 0 radical (unpaired) electrons. The molecule has 0 bridgehead atoms. The van der Waals surface area contributed by atoms with Gasteiger partial charge in [0.2, 0.25) is 0 Å². The average molecular weight is 346 g/mol. The van der Waals surface area contributed by atoms with Crippen molar-refractivity contribution >= 4 is 11.6 Å². The van der Waals surface area contributed by atoms with E-state index in [-0.39, 0.29) is 17.9 Å². The molecule has 3 aromatic heterocycles. The fourth-order valence-corrected chi connectivity index (χ4v) is 2.22. The summed E-state index contributed by atoms with van der Waals surface area (Å²) < 4.78 is 38.9. The van der Waals surface area contributed by atoms with Gasteiger partial charge in [0.25, 0.3) is 0 Å². The summed E-state index contributed by atoms with van der Waals surface area (Å²) in [5.41, 5.74) is 5.44. The minimum Gasteiger partial charge on any atom is -0.383 e. The summed E-state index contributed by atoms with van der Waals surface area (Å²) in [5, 5.41) is 2.85. The van der Waals surface area contributed by atoms with Gasteiger partial charge in [-0.05, 0) is 24.3 Å². The first-order valence-corrected chi connectivity index (χ1v) is 7.24. The lowest BCUT2D eigenvalue weighted by Gasteiger charge is -2.12. The lowest BCUT2D eigenvalue weighted by atomic mass is 10.2. The number of rotatable bonds is 4. The Labute approximate surface area is 141 Å². The highest BCUT2D eigenvalue weighted by Crippen LogP contribution is 2.30. The Morgan fingerprint density at radius 2 is 1.72 bits per heavy atom. The predicted molar refractivity (Wildman–Crippen MR) is 86.2 cm³/mol. The molecule has 0 aliphatic rings. The van der Waals surface area contributed by atoms with Crippen LogP contribution in [0.25, 0.3) is 11.4 Å². The maximum atomic E-state index is 13.0. The molecule has 0 aliphatic carbocycles. The van der Waals surface area contributed by atoms with Crippen molar-refractivity contribution in [3.63, 3.8) is 0 Å². The summed E-state index contributed by atoms with van der Waals surface area (Å²) in [6.45, 7) is -0.0817.